The third kappa shape index (κ3) is 5.51. The zero-order valence-electron chi connectivity index (χ0n) is 19.2. The lowest BCUT2D eigenvalue weighted by molar-refractivity contribution is -0.118. The molecule has 0 atom stereocenters. The number of anilines is 3. The first kappa shape index (κ1) is 23.2. The first-order valence-electron chi connectivity index (χ1n) is 11.8. The van der Waals surface area contributed by atoms with E-state index in [2.05, 4.69) is 27.8 Å². The number of hydrogen-bond donors (Lipinski definition) is 3. The molecule has 33 heavy (non-hydrogen) atoms. The summed E-state index contributed by atoms with van der Waals surface area (Å²) in [6.45, 7) is 5.13. The molecule has 176 valence electrons. The zero-order chi connectivity index (χ0) is 23.2. The maximum Gasteiger partial charge on any atom is 0.252 e. The standard InChI is InChI=1S/C25H33N5O3/c1-2-24(31)30(20-7-11-27-12-8-20)22-15-23(28-16-21(22)25(26)32)29-19-5-3-17(4-6-19)18-9-13-33-14-10-18/h3-6,15-16,18,20,27H,2,7-14H2,1H3,(H2,26,32)(H,28,29). The number of nitrogens with zero attached hydrogens (tertiary/aromatic N) is 2. The van der Waals surface area contributed by atoms with Gasteiger partial charge in [-0.05, 0) is 62.4 Å². The maximum absolute atomic E-state index is 12.9. The van der Waals surface area contributed by atoms with E-state index in [0.717, 1.165) is 57.7 Å². The van der Waals surface area contributed by atoms with Crippen LogP contribution in [-0.2, 0) is 9.53 Å². The minimum absolute atomic E-state index is 0.0193. The van der Waals surface area contributed by atoms with Crippen molar-refractivity contribution >= 4 is 29.0 Å². The lowest BCUT2D eigenvalue weighted by Gasteiger charge is -2.35. The fourth-order valence-corrected chi connectivity index (χ4v) is 4.69. The quantitative estimate of drug-likeness (QED) is 0.596. The largest absolute Gasteiger partial charge is 0.381 e. The fourth-order valence-electron chi connectivity index (χ4n) is 4.69. The smallest absolute Gasteiger partial charge is 0.252 e. The zero-order valence-corrected chi connectivity index (χ0v) is 19.2. The van der Waals surface area contributed by atoms with Gasteiger partial charge in [-0.1, -0.05) is 19.1 Å². The van der Waals surface area contributed by atoms with Crippen molar-refractivity contribution in [3.63, 3.8) is 0 Å². The monoisotopic (exact) mass is 451 g/mol. The molecule has 2 aliphatic rings. The van der Waals surface area contributed by atoms with E-state index in [1.165, 1.54) is 11.8 Å². The number of nitrogens with two attached hydrogens (primary N) is 1. The van der Waals surface area contributed by atoms with Gasteiger partial charge in [0.05, 0.1) is 11.3 Å². The first-order chi connectivity index (χ1) is 16.1. The van der Waals surface area contributed by atoms with Crippen LogP contribution in [0.25, 0.3) is 0 Å². The highest BCUT2D eigenvalue weighted by Crippen LogP contribution is 2.31. The van der Waals surface area contributed by atoms with Crippen molar-refractivity contribution in [2.75, 3.05) is 36.5 Å². The molecule has 0 bridgehead atoms. The van der Waals surface area contributed by atoms with Crippen LogP contribution < -0.4 is 21.3 Å². The molecule has 0 unspecified atom stereocenters. The predicted octanol–water partition coefficient (Wildman–Crippen LogP) is 3.31. The van der Waals surface area contributed by atoms with E-state index in [-0.39, 0.29) is 17.5 Å². The molecule has 2 aliphatic heterocycles. The van der Waals surface area contributed by atoms with Crippen molar-refractivity contribution in [2.45, 2.75) is 51.0 Å². The molecule has 4 rings (SSSR count). The summed E-state index contributed by atoms with van der Waals surface area (Å²) in [6.07, 6.45) is 5.55. The van der Waals surface area contributed by atoms with Crippen LogP contribution in [-0.4, -0.2) is 49.1 Å². The summed E-state index contributed by atoms with van der Waals surface area (Å²) in [5.74, 6) is 0.484. The molecule has 8 heteroatoms. The molecular formula is C25H33N5O3. The number of benzene rings is 1. The van der Waals surface area contributed by atoms with Gasteiger partial charge < -0.3 is 26.0 Å². The Morgan fingerprint density at radius 2 is 1.85 bits per heavy atom. The second-order valence-electron chi connectivity index (χ2n) is 8.68. The second kappa shape index (κ2) is 10.8. The van der Waals surface area contributed by atoms with Crippen molar-refractivity contribution in [3.05, 3.63) is 47.7 Å². The number of hydrogen-bond acceptors (Lipinski definition) is 6. The molecule has 4 N–H and O–H groups in total. The summed E-state index contributed by atoms with van der Waals surface area (Å²) >= 11 is 0. The molecule has 3 heterocycles. The van der Waals surface area contributed by atoms with Crippen LogP contribution in [0.5, 0.6) is 0 Å². The molecule has 1 aromatic carbocycles. The number of pyridine rings is 1. The van der Waals surface area contributed by atoms with E-state index in [1.807, 2.05) is 19.1 Å². The summed E-state index contributed by atoms with van der Waals surface area (Å²) in [4.78, 5) is 31.3. The van der Waals surface area contributed by atoms with Gasteiger partial charge in [0.15, 0.2) is 0 Å². The van der Waals surface area contributed by atoms with Gasteiger partial charge in [0.2, 0.25) is 5.91 Å². The number of primary amides is 1. The summed E-state index contributed by atoms with van der Waals surface area (Å²) < 4.78 is 5.46. The highest BCUT2D eigenvalue weighted by atomic mass is 16.5. The van der Waals surface area contributed by atoms with Crippen molar-refractivity contribution in [2.24, 2.45) is 5.73 Å². The van der Waals surface area contributed by atoms with Crippen LogP contribution in [0.2, 0.25) is 0 Å². The van der Waals surface area contributed by atoms with Gasteiger partial charge in [0, 0.05) is 43.6 Å². The van der Waals surface area contributed by atoms with Crippen LogP contribution in [0, 0.1) is 0 Å². The first-order valence-corrected chi connectivity index (χ1v) is 11.8. The van der Waals surface area contributed by atoms with Crippen molar-refractivity contribution in [1.82, 2.24) is 10.3 Å². The summed E-state index contributed by atoms with van der Waals surface area (Å²) in [5, 5.41) is 6.64. The number of aromatic nitrogens is 1. The normalized spacial score (nSPS) is 17.5. The van der Waals surface area contributed by atoms with Gasteiger partial charge in [0.1, 0.15) is 5.82 Å². The third-order valence-corrected chi connectivity index (χ3v) is 6.53. The van der Waals surface area contributed by atoms with Crippen molar-refractivity contribution < 1.29 is 14.3 Å². The van der Waals surface area contributed by atoms with Crippen LogP contribution >= 0.6 is 0 Å². The van der Waals surface area contributed by atoms with Gasteiger partial charge in [-0.15, -0.1) is 0 Å². The minimum atomic E-state index is -0.590. The fraction of sp³-hybridized carbons (Fsp3) is 0.480. The van der Waals surface area contributed by atoms with E-state index in [0.29, 0.717) is 23.8 Å². The number of rotatable bonds is 7. The van der Waals surface area contributed by atoms with Gasteiger partial charge in [0.25, 0.3) is 5.91 Å². The molecular weight excluding hydrogens is 418 g/mol. The van der Waals surface area contributed by atoms with Crippen LogP contribution in [0.3, 0.4) is 0 Å². The Bertz CT molecular complexity index is 967. The Kier molecular flexibility index (Phi) is 7.57. The SMILES string of the molecule is CCC(=O)N(c1cc(Nc2ccc(C3CCOCC3)cc2)ncc1C(N)=O)C1CCNCC1. The number of carbonyl (C=O) groups is 2. The van der Waals surface area contributed by atoms with E-state index < -0.39 is 5.91 Å². The Balaban J connectivity index is 1.60. The predicted molar refractivity (Wildman–Crippen MR) is 129 cm³/mol. The van der Waals surface area contributed by atoms with Gasteiger partial charge in [-0.2, -0.15) is 0 Å². The average Bonchev–Trinajstić information content (AvgIpc) is 2.86. The van der Waals surface area contributed by atoms with Gasteiger partial charge in [-0.3, -0.25) is 9.59 Å². The third-order valence-electron chi connectivity index (χ3n) is 6.53. The van der Waals surface area contributed by atoms with E-state index in [9.17, 15) is 9.59 Å². The molecule has 2 amide bonds. The molecule has 0 radical (unpaired) electrons. The second-order valence-corrected chi connectivity index (χ2v) is 8.68. The molecule has 0 aliphatic carbocycles. The highest BCUT2D eigenvalue weighted by Gasteiger charge is 2.29. The maximum atomic E-state index is 12.9. The number of ether oxygens (including phenoxy) is 1. The number of amides is 2. The Hall–Kier alpha value is -2.97. The Morgan fingerprint density at radius 1 is 1.15 bits per heavy atom. The highest BCUT2D eigenvalue weighted by molar-refractivity contribution is 6.04. The van der Waals surface area contributed by atoms with Crippen molar-refractivity contribution in [1.29, 1.82) is 0 Å². The minimum Gasteiger partial charge on any atom is -0.381 e. The number of piperidine rings is 1. The molecule has 2 saturated heterocycles. The van der Waals surface area contributed by atoms with Crippen molar-refractivity contribution in [3.8, 4) is 0 Å². The molecule has 0 spiro atoms. The van der Waals surface area contributed by atoms with Gasteiger partial charge >= 0.3 is 0 Å². The van der Waals surface area contributed by atoms with E-state index >= 15 is 0 Å². The Morgan fingerprint density at radius 3 is 2.48 bits per heavy atom. The number of nitrogens with one attached hydrogen (secondary N) is 2. The van der Waals surface area contributed by atoms with E-state index in [4.69, 9.17) is 10.5 Å². The van der Waals surface area contributed by atoms with Crippen LogP contribution in [0.15, 0.2) is 36.5 Å². The van der Waals surface area contributed by atoms with E-state index in [1.54, 1.807) is 11.0 Å². The molecule has 0 saturated carbocycles. The lowest BCUT2D eigenvalue weighted by Crippen LogP contribution is -2.47. The number of carbonyl (C=O) groups excluding carboxylic acids is 2. The molecule has 2 fully saturated rings. The average molecular weight is 452 g/mol. The van der Waals surface area contributed by atoms with Gasteiger partial charge in [-0.25, -0.2) is 4.98 Å². The Labute approximate surface area is 194 Å². The molecule has 1 aromatic heterocycles. The van der Waals surface area contributed by atoms with Crippen LogP contribution in [0.4, 0.5) is 17.2 Å². The lowest BCUT2D eigenvalue weighted by atomic mass is 9.92. The summed E-state index contributed by atoms with van der Waals surface area (Å²) in [6, 6.07) is 10.1. The summed E-state index contributed by atoms with van der Waals surface area (Å²) in [7, 11) is 0. The molecule has 8 nitrogen and oxygen atoms in total. The van der Waals surface area contributed by atoms with Crippen LogP contribution in [0.1, 0.15) is 60.9 Å². The topological polar surface area (TPSA) is 110 Å². The molecule has 2 aromatic rings. The summed E-state index contributed by atoms with van der Waals surface area (Å²) in [5.41, 5.74) is 8.65.